The van der Waals surface area contributed by atoms with Crippen molar-refractivity contribution in [3.8, 4) is 5.75 Å². The van der Waals surface area contributed by atoms with Gasteiger partial charge in [0.1, 0.15) is 23.3 Å². The van der Waals surface area contributed by atoms with Crippen LogP contribution in [-0.2, 0) is 17.1 Å². The number of ether oxygens (including phenoxy) is 1. The Labute approximate surface area is 173 Å². The van der Waals surface area contributed by atoms with E-state index in [2.05, 4.69) is 15.0 Å². The van der Waals surface area contributed by atoms with Gasteiger partial charge in [-0.1, -0.05) is 18.2 Å². The summed E-state index contributed by atoms with van der Waals surface area (Å²) < 4.78 is 33.5. The third-order valence-corrected chi connectivity index (χ3v) is 6.02. The van der Waals surface area contributed by atoms with E-state index in [1.165, 1.54) is 26.3 Å². The molecule has 0 aliphatic carbocycles. The zero-order valence-electron chi connectivity index (χ0n) is 16.6. The van der Waals surface area contributed by atoms with Gasteiger partial charge in [-0.15, -0.1) is 0 Å². The predicted molar refractivity (Wildman–Crippen MR) is 111 cm³/mol. The second-order valence-electron chi connectivity index (χ2n) is 6.36. The summed E-state index contributed by atoms with van der Waals surface area (Å²) in [5.74, 6) is 1.18. The van der Waals surface area contributed by atoms with Crippen molar-refractivity contribution in [2.45, 2.75) is 10.9 Å². The maximum atomic E-state index is 12.1. The van der Waals surface area contributed by atoms with Gasteiger partial charge in [-0.3, -0.25) is 10.1 Å². The van der Waals surface area contributed by atoms with E-state index in [9.17, 15) is 18.5 Å². The number of aromatic nitrogens is 2. The highest BCUT2D eigenvalue weighted by atomic mass is 32.2. The number of imidazole rings is 1. The number of nitrogens with one attached hydrogen (secondary N) is 2. The molecule has 10 nitrogen and oxygen atoms in total. The van der Waals surface area contributed by atoms with Crippen molar-refractivity contribution in [2.24, 2.45) is 7.05 Å². The number of sulfonamides is 1. The predicted octanol–water partition coefficient (Wildman–Crippen LogP) is 2.45. The lowest BCUT2D eigenvalue weighted by molar-refractivity contribution is -0.384. The van der Waals surface area contributed by atoms with Crippen molar-refractivity contribution in [1.29, 1.82) is 0 Å². The van der Waals surface area contributed by atoms with Crippen molar-refractivity contribution in [3.05, 3.63) is 76.4 Å². The smallest absolute Gasteiger partial charge is 0.293 e. The van der Waals surface area contributed by atoms with Gasteiger partial charge in [0.05, 0.1) is 16.9 Å². The molecule has 30 heavy (non-hydrogen) atoms. The van der Waals surface area contributed by atoms with Gasteiger partial charge in [0, 0.05) is 31.1 Å². The van der Waals surface area contributed by atoms with Crippen LogP contribution in [-0.4, -0.2) is 37.0 Å². The summed E-state index contributed by atoms with van der Waals surface area (Å²) in [6.07, 6.45) is 3.38. The molecule has 2 N–H and O–H groups in total. The molecule has 2 aromatic carbocycles. The van der Waals surface area contributed by atoms with Crippen LogP contribution < -0.4 is 14.8 Å². The van der Waals surface area contributed by atoms with E-state index in [0.29, 0.717) is 11.6 Å². The lowest BCUT2D eigenvalue weighted by atomic mass is 10.0. The molecule has 1 aromatic heterocycles. The number of anilines is 1. The first-order valence-electron chi connectivity index (χ1n) is 8.87. The van der Waals surface area contributed by atoms with E-state index in [1.54, 1.807) is 23.0 Å². The second kappa shape index (κ2) is 8.51. The number of methoxy groups -OCH3 is 1. The topological polar surface area (TPSA) is 128 Å². The summed E-state index contributed by atoms with van der Waals surface area (Å²) in [5, 5.41) is 14.8. The summed E-state index contributed by atoms with van der Waals surface area (Å²) in [7, 11) is 0.756. The highest BCUT2D eigenvalue weighted by Gasteiger charge is 2.26. The van der Waals surface area contributed by atoms with Crippen LogP contribution in [0.2, 0.25) is 0 Å². The number of hydrogen-bond acceptors (Lipinski definition) is 7. The Bertz CT molecular complexity index is 1180. The number of hydrogen-bond donors (Lipinski definition) is 2. The minimum atomic E-state index is -3.83. The molecule has 0 saturated heterocycles. The largest absolute Gasteiger partial charge is 0.496 e. The van der Waals surface area contributed by atoms with Crippen molar-refractivity contribution in [2.75, 3.05) is 19.5 Å². The van der Waals surface area contributed by atoms with Gasteiger partial charge in [0.25, 0.3) is 5.69 Å². The summed E-state index contributed by atoms with van der Waals surface area (Å²) >= 11 is 0. The zero-order valence-corrected chi connectivity index (χ0v) is 17.4. The summed E-state index contributed by atoms with van der Waals surface area (Å²) in [4.78, 5) is 15.2. The van der Waals surface area contributed by atoms with Crippen molar-refractivity contribution in [1.82, 2.24) is 14.3 Å². The van der Waals surface area contributed by atoms with E-state index in [0.717, 1.165) is 11.6 Å². The zero-order chi connectivity index (χ0) is 21.9. The Kier molecular flexibility index (Phi) is 6.04. The average Bonchev–Trinajstić information content (AvgIpc) is 3.17. The maximum absolute atomic E-state index is 12.1. The number of nitrogens with zero attached hydrogens (tertiary/aromatic N) is 3. The molecular weight excluding hydrogens is 410 g/mol. The van der Waals surface area contributed by atoms with Crippen molar-refractivity contribution in [3.63, 3.8) is 0 Å². The van der Waals surface area contributed by atoms with Crippen LogP contribution in [0, 0.1) is 10.1 Å². The first-order valence-corrected chi connectivity index (χ1v) is 10.4. The molecule has 0 spiro atoms. The number of aryl methyl sites for hydroxylation is 1. The molecule has 0 aliphatic rings. The Morgan fingerprint density at radius 2 is 1.97 bits per heavy atom. The van der Waals surface area contributed by atoms with Gasteiger partial charge in [-0.05, 0) is 25.2 Å². The third kappa shape index (κ3) is 4.11. The number of rotatable bonds is 8. The molecule has 0 fully saturated rings. The second-order valence-corrected chi connectivity index (χ2v) is 8.25. The van der Waals surface area contributed by atoms with E-state index in [-0.39, 0.29) is 16.3 Å². The Morgan fingerprint density at radius 3 is 2.57 bits per heavy atom. The number of para-hydroxylation sites is 1. The molecule has 1 atom stereocenters. The lowest BCUT2D eigenvalue weighted by Gasteiger charge is -2.22. The van der Waals surface area contributed by atoms with Crippen LogP contribution in [0.5, 0.6) is 5.75 Å². The summed E-state index contributed by atoms with van der Waals surface area (Å²) in [6.45, 7) is 0. The molecule has 11 heteroatoms. The molecule has 0 amide bonds. The molecule has 3 rings (SSSR count). The summed E-state index contributed by atoms with van der Waals surface area (Å²) in [6, 6.07) is 10.4. The molecule has 0 aliphatic heterocycles. The highest BCUT2D eigenvalue weighted by Crippen LogP contribution is 2.35. The van der Waals surface area contributed by atoms with Crippen molar-refractivity contribution < 1.29 is 18.1 Å². The van der Waals surface area contributed by atoms with Gasteiger partial charge in [-0.2, -0.15) is 0 Å². The first kappa shape index (κ1) is 21.3. The molecule has 158 valence electrons. The van der Waals surface area contributed by atoms with Gasteiger partial charge >= 0.3 is 0 Å². The molecular formula is C19H21N5O5S. The normalized spacial score (nSPS) is 12.4. The van der Waals surface area contributed by atoms with Gasteiger partial charge in [0.2, 0.25) is 10.0 Å². The Hall–Kier alpha value is -3.44. The lowest BCUT2D eigenvalue weighted by Crippen LogP contribution is -2.20. The molecule has 0 saturated carbocycles. The number of nitro groups is 1. The number of benzene rings is 2. The summed E-state index contributed by atoms with van der Waals surface area (Å²) in [5.41, 5.74) is 0.491. The van der Waals surface area contributed by atoms with Crippen LogP contribution in [0.3, 0.4) is 0 Å². The van der Waals surface area contributed by atoms with E-state index in [4.69, 9.17) is 4.74 Å². The van der Waals surface area contributed by atoms with Crippen molar-refractivity contribution >= 4 is 21.4 Å². The fraction of sp³-hybridized carbons (Fsp3) is 0.211. The van der Waals surface area contributed by atoms with Gasteiger partial charge in [0.15, 0.2) is 0 Å². The molecule has 0 bridgehead atoms. The quantitative estimate of drug-likeness (QED) is 0.414. The van der Waals surface area contributed by atoms with Gasteiger partial charge in [-0.25, -0.2) is 18.1 Å². The standard InChI is InChI=1S/C19H21N5O5S/c1-20-30(27,28)13-8-9-15(16(12-13)24(25)26)22-18(19-21-10-11-23(19)2)14-6-4-5-7-17(14)29-3/h4-12,18,20,22H,1-3H3/t18-/m1/s1. The Balaban J connectivity index is 2.14. The van der Waals surface area contributed by atoms with E-state index < -0.39 is 21.0 Å². The van der Waals surface area contributed by atoms with Crippen LogP contribution in [0.1, 0.15) is 17.4 Å². The van der Waals surface area contributed by atoms with Crippen LogP contribution >= 0.6 is 0 Å². The van der Waals surface area contributed by atoms with Gasteiger partial charge < -0.3 is 14.6 Å². The first-order chi connectivity index (χ1) is 14.3. The molecule has 0 unspecified atom stereocenters. The SMILES string of the molecule is CNS(=O)(=O)c1ccc(N[C@H](c2ccccc2OC)c2nccn2C)c([N+](=O)[O-])c1. The fourth-order valence-corrected chi connectivity index (χ4v) is 3.82. The number of nitro benzene ring substituents is 1. The molecule has 3 aromatic rings. The maximum Gasteiger partial charge on any atom is 0.293 e. The highest BCUT2D eigenvalue weighted by molar-refractivity contribution is 7.89. The van der Waals surface area contributed by atoms with Crippen LogP contribution in [0.4, 0.5) is 11.4 Å². The molecule has 1 heterocycles. The monoisotopic (exact) mass is 431 g/mol. The van der Waals surface area contributed by atoms with Crippen LogP contribution in [0.15, 0.2) is 59.8 Å². The van der Waals surface area contributed by atoms with E-state index >= 15 is 0 Å². The minimum Gasteiger partial charge on any atom is -0.496 e. The van der Waals surface area contributed by atoms with Crippen LogP contribution in [0.25, 0.3) is 0 Å². The molecule has 0 radical (unpaired) electrons. The minimum absolute atomic E-state index is 0.147. The fourth-order valence-electron chi connectivity index (χ4n) is 3.07. The van der Waals surface area contributed by atoms with E-state index in [1.807, 2.05) is 25.2 Å². The Morgan fingerprint density at radius 1 is 1.23 bits per heavy atom. The average molecular weight is 431 g/mol. The third-order valence-electron chi connectivity index (χ3n) is 4.61.